The lowest BCUT2D eigenvalue weighted by atomic mass is 10.1. The quantitative estimate of drug-likeness (QED) is 0.213. The fraction of sp³-hybridized carbons (Fsp3) is 0.211. The Hall–Kier alpha value is -2.52. The number of carbonyl (C=O) groups excluding carboxylic acids is 2. The number of halogens is 1. The average Bonchev–Trinajstić information content (AvgIpc) is 3.53. The molecule has 10 nitrogen and oxygen atoms in total. The van der Waals surface area contributed by atoms with Gasteiger partial charge in [-0.2, -0.15) is 0 Å². The zero-order valence-corrected chi connectivity index (χ0v) is 21.7. The van der Waals surface area contributed by atoms with Crippen LogP contribution in [0.3, 0.4) is 0 Å². The van der Waals surface area contributed by atoms with Crippen LogP contribution in [0, 0.1) is 6.92 Å². The second-order valence-corrected chi connectivity index (χ2v) is 11.5. The van der Waals surface area contributed by atoms with Crippen LogP contribution in [0.2, 0.25) is 5.02 Å². The van der Waals surface area contributed by atoms with E-state index in [4.69, 9.17) is 16.1 Å². The lowest BCUT2D eigenvalue weighted by Gasteiger charge is -2.04. The van der Waals surface area contributed by atoms with Crippen molar-refractivity contribution in [1.29, 1.82) is 0 Å². The molecule has 0 aliphatic carbocycles. The van der Waals surface area contributed by atoms with E-state index < -0.39 is 5.91 Å². The molecule has 0 unspecified atom stereocenters. The zero-order chi connectivity index (χ0) is 24.1. The van der Waals surface area contributed by atoms with Gasteiger partial charge in [0.05, 0.1) is 10.8 Å². The molecule has 0 bridgehead atoms. The molecule has 0 radical (unpaired) electrons. The van der Waals surface area contributed by atoms with E-state index in [9.17, 15) is 9.59 Å². The molecule has 0 saturated carbocycles. The van der Waals surface area contributed by atoms with Crippen molar-refractivity contribution >= 4 is 79.9 Å². The highest BCUT2D eigenvalue weighted by atomic mass is 35.5. The first-order valence-corrected chi connectivity index (χ1v) is 13.7. The van der Waals surface area contributed by atoms with Crippen molar-refractivity contribution in [3.8, 4) is 11.3 Å². The molecular weight excluding hydrogens is 538 g/mol. The first kappa shape index (κ1) is 24.6. The second kappa shape index (κ2) is 11.3. The number of thioether (sulfide) groups is 2. The fourth-order valence-corrected chi connectivity index (χ4v) is 6.12. The summed E-state index contributed by atoms with van der Waals surface area (Å²) in [5.74, 6) is 0.655. The summed E-state index contributed by atoms with van der Waals surface area (Å²) in [7, 11) is 0. The number of hydrogen-bond donors (Lipinski definition) is 2. The molecule has 34 heavy (non-hydrogen) atoms. The molecule has 0 spiro atoms. The van der Waals surface area contributed by atoms with Crippen molar-refractivity contribution in [3.05, 3.63) is 40.6 Å². The molecule has 0 fully saturated rings. The number of aromatic nitrogens is 5. The predicted molar refractivity (Wildman–Crippen MR) is 135 cm³/mol. The maximum Gasteiger partial charge on any atom is 0.263 e. The van der Waals surface area contributed by atoms with Gasteiger partial charge in [0.1, 0.15) is 17.0 Å². The number of rotatable bonds is 9. The standard InChI is InChI=1S/C19H16ClN7O3S4/c1-3-31-18-25-23-16(33-18)21-12(28)8-32-19-26-24-17(34-19)22-15(29)13-9(2)30-27-14(13)10-6-4-5-7-11(10)20/h4-7H,3,8H2,1-2H3,(H,21,23,28)(H,22,24,29). The molecule has 176 valence electrons. The van der Waals surface area contributed by atoms with Crippen LogP contribution in [0.4, 0.5) is 10.3 Å². The first-order valence-electron chi connectivity index (χ1n) is 9.69. The largest absolute Gasteiger partial charge is 0.360 e. The van der Waals surface area contributed by atoms with Gasteiger partial charge in [-0.25, -0.2) is 0 Å². The van der Waals surface area contributed by atoms with Crippen LogP contribution in [-0.4, -0.2) is 48.9 Å². The van der Waals surface area contributed by atoms with Crippen molar-refractivity contribution in [2.75, 3.05) is 22.1 Å². The minimum Gasteiger partial charge on any atom is -0.360 e. The van der Waals surface area contributed by atoms with Crippen molar-refractivity contribution in [2.24, 2.45) is 0 Å². The van der Waals surface area contributed by atoms with Gasteiger partial charge < -0.3 is 4.52 Å². The number of anilines is 2. The Morgan fingerprint density at radius 2 is 1.71 bits per heavy atom. The van der Waals surface area contributed by atoms with Gasteiger partial charge in [0.2, 0.25) is 16.2 Å². The number of carbonyl (C=O) groups is 2. The minimum absolute atomic E-state index is 0.111. The molecule has 0 aliphatic rings. The van der Waals surface area contributed by atoms with Crippen LogP contribution in [-0.2, 0) is 4.79 Å². The number of benzene rings is 1. The Labute approximate surface area is 215 Å². The van der Waals surface area contributed by atoms with Gasteiger partial charge >= 0.3 is 0 Å². The highest BCUT2D eigenvalue weighted by molar-refractivity contribution is 8.01. The van der Waals surface area contributed by atoms with Crippen LogP contribution < -0.4 is 10.6 Å². The first-order chi connectivity index (χ1) is 16.4. The van der Waals surface area contributed by atoms with Crippen molar-refractivity contribution in [2.45, 2.75) is 22.5 Å². The lowest BCUT2D eigenvalue weighted by Crippen LogP contribution is -2.13. The highest BCUT2D eigenvalue weighted by Crippen LogP contribution is 2.32. The Balaban J connectivity index is 1.36. The fourth-order valence-electron chi connectivity index (χ4n) is 2.68. The lowest BCUT2D eigenvalue weighted by molar-refractivity contribution is -0.113. The molecule has 0 saturated heterocycles. The summed E-state index contributed by atoms with van der Waals surface area (Å²) < 4.78 is 6.56. The summed E-state index contributed by atoms with van der Waals surface area (Å²) in [6, 6.07) is 7.05. The van der Waals surface area contributed by atoms with Crippen molar-refractivity contribution < 1.29 is 14.1 Å². The molecular formula is C19H16ClN7O3S4. The monoisotopic (exact) mass is 553 g/mol. The SMILES string of the molecule is CCSc1nnc(NC(=O)CSc2nnc(NC(=O)c3c(-c4ccccc4Cl)noc3C)s2)s1. The van der Waals surface area contributed by atoms with E-state index in [2.05, 4.69) is 36.2 Å². The maximum absolute atomic E-state index is 12.9. The van der Waals surface area contributed by atoms with Crippen LogP contribution >= 0.6 is 57.8 Å². The Morgan fingerprint density at radius 1 is 1.03 bits per heavy atom. The minimum atomic E-state index is -0.448. The predicted octanol–water partition coefficient (Wildman–Crippen LogP) is 5.10. The topological polar surface area (TPSA) is 136 Å². The Kier molecular flexibility index (Phi) is 8.15. The third-order valence-electron chi connectivity index (χ3n) is 4.09. The third-order valence-corrected chi connectivity index (χ3v) is 8.25. The highest BCUT2D eigenvalue weighted by Gasteiger charge is 2.24. The van der Waals surface area contributed by atoms with E-state index in [0.29, 0.717) is 31.5 Å². The average molecular weight is 554 g/mol. The summed E-state index contributed by atoms with van der Waals surface area (Å²) >= 11 is 11.5. The molecule has 4 aromatic rings. The van der Waals surface area contributed by atoms with E-state index >= 15 is 0 Å². The van der Waals surface area contributed by atoms with Crippen LogP contribution in [0.5, 0.6) is 0 Å². The maximum atomic E-state index is 12.9. The van der Waals surface area contributed by atoms with Crippen molar-refractivity contribution in [1.82, 2.24) is 25.6 Å². The van der Waals surface area contributed by atoms with Gasteiger partial charge in [-0.05, 0) is 18.7 Å². The number of aryl methyl sites for hydroxylation is 1. The van der Waals surface area contributed by atoms with Crippen LogP contribution in [0.1, 0.15) is 23.0 Å². The number of amides is 2. The zero-order valence-electron chi connectivity index (χ0n) is 17.7. The molecule has 0 atom stereocenters. The molecule has 4 rings (SSSR count). The van der Waals surface area contributed by atoms with Gasteiger partial charge in [-0.1, -0.05) is 88.1 Å². The molecule has 3 aromatic heterocycles. The van der Waals surface area contributed by atoms with E-state index in [-0.39, 0.29) is 22.4 Å². The van der Waals surface area contributed by atoms with E-state index in [1.165, 1.54) is 23.1 Å². The second-order valence-electron chi connectivity index (χ2n) is 6.41. The molecule has 0 aliphatic heterocycles. The Morgan fingerprint density at radius 3 is 2.41 bits per heavy atom. The number of nitrogens with zero attached hydrogens (tertiary/aromatic N) is 5. The van der Waals surface area contributed by atoms with Gasteiger partial charge in [0.25, 0.3) is 5.91 Å². The molecule has 15 heteroatoms. The van der Waals surface area contributed by atoms with Gasteiger partial charge in [0, 0.05) is 5.56 Å². The molecule has 3 heterocycles. The van der Waals surface area contributed by atoms with Gasteiger partial charge in [-0.15, -0.1) is 20.4 Å². The normalized spacial score (nSPS) is 10.9. The number of hydrogen-bond acceptors (Lipinski definition) is 12. The van der Waals surface area contributed by atoms with Crippen LogP contribution in [0.25, 0.3) is 11.3 Å². The number of nitrogens with one attached hydrogen (secondary N) is 2. The van der Waals surface area contributed by atoms with Gasteiger partial charge in [-0.3, -0.25) is 20.2 Å². The summed E-state index contributed by atoms with van der Waals surface area (Å²) in [5, 5.41) is 26.5. The Bertz CT molecular complexity index is 1320. The summed E-state index contributed by atoms with van der Waals surface area (Å²) in [5.41, 5.74) is 1.18. The molecule has 1 aromatic carbocycles. The van der Waals surface area contributed by atoms with Gasteiger partial charge in [0.15, 0.2) is 8.68 Å². The smallest absolute Gasteiger partial charge is 0.263 e. The van der Waals surface area contributed by atoms with E-state index in [1.807, 2.05) is 6.92 Å². The summed E-state index contributed by atoms with van der Waals surface area (Å²) in [6.07, 6.45) is 0. The molecule has 2 amide bonds. The summed E-state index contributed by atoms with van der Waals surface area (Å²) in [6.45, 7) is 3.66. The van der Waals surface area contributed by atoms with E-state index in [0.717, 1.165) is 21.4 Å². The molecule has 2 N–H and O–H groups in total. The third kappa shape index (κ3) is 5.93. The van der Waals surface area contributed by atoms with E-state index in [1.54, 1.807) is 43.0 Å². The summed E-state index contributed by atoms with van der Waals surface area (Å²) in [4.78, 5) is 25.1. The van der Waals surface area contributed by atoms with Crippen molar-refractivity contribution in [3.63, 3.8) is 0 Å². The van der Waals surface area contributed by atoms with Crippen LogP contribution in [0.15, 0.2) is 37.5 Å².